The van der Waals surface area contributed by atoms with E-state index in [1.807, 2.05) is 24.3 Å². The van der Waals surface area contributed by atoms with Crippen molar-refractivity contribution in [2.75, 3.05) is 36.2 Å². The quantitative estimate of drug-likeness (QED) is 0.569. The summed E-state index contributed by atoms with van der Waals surface area (Å²) >= 11 is 7.52. The first-order valence-corrected chi connectivity index (χ1v) is 10.1. The number of hydrogen-bond donors (Lipinski definition) is 1. The SMILES string of the molecule is COC(=O)c1ccc(N2CCCC2)c(NC(=O)CSc2ccccc2Cl)c1. The summed E-state index contributed by atoms with van der Waals surface area (Å²) in [6, 6.07) is 12.7. The van der Waals surface area contributed by atoms with Gasteiger partial charge in [-0.2, -0.15) is 0 Å². The zero-order chi connectivity index (χ0) is 19.2. The Kier molecular flexibility index (Phi) is 6.63. The maximum absolute atomic E-state index is 12.5. The van der Waals surface area contributed by atoms with Gasteiger partial charge < -0.3 is 15.0 Å². The molecule has 1 heterocycles. The van der Waals surface area contributed by atoms with Crippen molar-refractivity contribution in [3.8, 4) is 0 Å². The van der Waals surface area contributed by atoms with Crippen molar-refractivity contribution in [3.63, 3.8) is 0 Å². The molecule has 1 aliphatic heterocycles. The molecule has 0 radical (unpaired) electrons. The number of anilines is 2. The Labute approximate surface area is 168 Å². The average Bonchev–Trinajstić information content (AvgIpc) is 3.21. The molecule has 1 amide bonds. The Morgan fingerprint density at radius 1 is 1.19 bits per heavy atom. The van der Waals surface area contributed by atoms with Gasteiger partial charge in [-0.05, 0) is 43.2 Å². The number of ether oxygens (including phenoxy) is 1. The van der Waals surface area contributed by atoms with Crippen molar-refractivity contribution in [2.24, 2.45) is 0 Å². The summed E-state index contributed by atoms with van der Waals surface area (Å²) in [7, 11) is 1.34. The van der Waals surface area contributed by atoms with E-state index in [1.54, 1.807) is 18.2 Å². The Morgan fingerprint density at radius 2 is 1.93 bits per heavy atom. The van der Waals surface area contributed by atoms with Gasteiger partial charge in [0.25, 0.3) is 0 Å². The van der Waals surface area contributed by atoms with Gasteiger partial charge in [0.05, 0.1) is 34.8 Å². The molecule has 0 unspecified atom stereocenters. The van der Waals surface area contributed by atoms with E-state index in [0.29, 0.717) is 16.3 Å². The number of carbonyl (C=O) groups excluding carboxylic acids is 2. The second-order valence-electron chi connectivity index (χ2n) is 6.18. The van der Waals surface area contributed by atoms with Gasteiger partial charge in [-0.15, -0.1) is 11.8 Å². The molecule has 0 bridgehead atoms. The number of rotatable bonds is 6. The first-order valence-electron chi connectivity index (χ1n) is 8.73. The van der Waals surface area contributed by atoms with Crippen LogP contribution in [0.25, 0.3) is 0 Å². The third kappa shape index (κ3) is 4.96. The Balaban J connectivity index is 1.75. The zero-order valence-corrected chi connectivity index (χ0v) is 16.6. The van der Waals surface area contributed by atoms with Crippen molar-refractivity contribution in [1.29, 1.82) is 0 Å². The van der Waals surface area contributed by atoms with Crippen LogP contribution in [0.1, 0.15) is 23.2 Å². The molecular formula is C20H21ClN2O3S. The molecular weight excluding hydrogens is 384 g/mol. The molecule has 0 aromatic heterocycles. The Hall–Kier alpha value is -2.18. The largest absolute Gasteiger partial charge is 0.465 e. The minimum Gasteiger partial charge on any atom is -0.465 e. The molecule has 3 rings (SSSR count). The van der Waals surface area contributed by atoms with Crippen molar-refractivity contribution in [2.45, 2.75) is 17.7 Å². The number of benzene rings is 2. The minimum atomic E-state index is -0.427. The van der Waals surface area contributed by atoms with Crippen molar-refractivity contribution in [1.82, 2.24) is 0 Å². The van der Waals surface area contributed by atoms with Crippen LogP contribution in [0.3, 0.4) is 0 Å². The maximum Gasteiger partial charge on any atom is 0.337 e. The second kappa shape index (κ2) is 9.15. The van der Waals surface area contributed by atoms with Crippen LogP contribution in [-0.2, 0) is 9.53 Å². The van der Waals surface area contributed by atoms with Gasteiger partial charge in [0.2, 0.25) is 5.91 Å². The number of methoxy groups -OCH3 is 1. The lowest BCUT2D eigenvalue weighted by Crippen LogP contribution is -2.22. The molecule has 7 heteroatoms. The summed E-state index contributed by atoms with van der Waals surface area (Å²) < 4.78 is 4.80. The van der Waals surface area contributed by atoms with Gasteiger partial charge in [-0.1, -0.05) is 23.7 Å². The van der Waals surface area contributed by atoms with E-state index in [4.69, 9.17) is 16.3 Å². The summed E-state index contributed by atoms with van der Waals surface area (Å²) in [4.78, 5) is 27.4. The average molecular weight is 405 g/mol. The lowest BCUT2D eigenvalue weighted by molar-refractivity contribution is -0.113. The van der Waals surface area contributed by atoms with E-state index in [2.05, 4.69) is 10.2 Å². The predicted octanol–water partition coefficient (Wildman–Crippen LogP) is 4.46. The van der Waals surface area contributed by atoms with E-state index in [-0.39, 0.29) is 11.7 Å². The number of amides is 1. The molecule has 0 atom stereocenters. The van der Waals surface area contributed by atoms with Gasteiger partial charge in [0.1, 0.15) is 0 Å². The van der Waals surface area contributed by atoms with E-state index in [1.165, 1.54) is 18.9 Å². The molecule has 0 aliphatic carbocycles. The third-order valence-corrected chi connectivity index (χ3v) is 5.85. The van der Waals surface area contributed by atoms with Crippen LogP contribution >= 0.6 is 23.4 Å². The van der Waals surface area contributed by atoms with E-state index >= 15 is 0 Å². The molecule has 2 aromatic carbocycles. The zero-order valence-electron chi connectivity index (χ0n) is 15.0. The first-order chi connectivity index (χ1) is 13.1. The summed E-state index contributed by atoms with van der Waals surface area (Å²) in [6.45, 7) is 1.88. The van der Waals surface area contributed by atoms with Gasteiger partial charge in [-0.25, -0.2) is 4.79 Å². The van der Waals surface area contributed by atoms with Crippen LogP contribution in [0.2, 0.25) is 5.02 Å². The topological polar surface area (TPSA) is 58.6 Å². The second-order valence-corrected chi connectivity index (χ2v) is 7.61. The Bertz CT molecular complexity index is 838. The van der Waals surface area contributed by atoms with Crippen LogP contribution in [0.15, 0.2) is 47.4 Å². The summed E-state index contributed by atoms with van der Waals surface area (Å²) in [5.41, 5.74) is 1.97. The lowest BCUT2D eigenvalue weighted by Gasteiger charge is -2.22. The molecule has 142 valence electrons. The number of esters is 1. The van der Waals surface area contributed by atoms with Crippen LogP contribution in [-0.4, -0.2) is 37.8 Å². The predicted molar refractivity (Wildman–Crippen MR) is 110 cm³/mol. The van der Waals surface area contributed by atoms with Crippen LogP contribution in [0.4, 0.5) is 11.4 Å². The summed E-state index contributed by atoms with van der Waals surface area (Å²) in [5, 5.41) is 3.57. The van der Waals surface area contributed by atoms with Crippen molar-refractivity contribution < 1.29 is 14.3 Å². The monoisotopic (exact) mass is 404 g/mol. The number of halogens is 1. The van der Waals surface area contributed by atoms with Gasteiger partial charge >= 0.3 is 5.97 Å². The van der Waals surface area contributed by atoms with Gasteiger partial charge in [0.15, 0.2) is 0 Å². The lowest BCUT2D eigenvalue weighted by atomic mass is 10.1. The number of nitrogens with zero attached hydrogens (tertiary/aromatic N) is 1. The molecule has 0 spiro atoms. The molecule has 1 fully saturated rings. The van der Waals surface area contributed by atoms with Gasteiger partial charge in [-0.3, -0.25) is 4.79 Å². The van der Waals surface area contributed by atoms with Gasteiger partial charge in [0, 0.05) is 18.0 Å². The van der Waals surface area contributed by atoms with E-state index in [9.17, 15) is 9.59 Å². The van der Waals surface area contributed by atoms with Crippen LogP contribution < -0.4 is 10.2 Å². The molecule has 1 aliphatic rings. The fraction of sp³-hybridized carbons (Fsp3) is 0.300. The highest BCUT2D eigenvalue weighted by Gasteiger charge is 2.19. The van der Waals surface area contributed by atoms with E-state index < -0.39 is 5.97 Å². The maximum atomic E-state index is 12.5. The molecule has 1 N–H and O–H groups in total. The minimum absolute atomic E-state index is 0.151. The number of nitrogens with one attached hydrogen (secondary N) is 1. The molecule has 2 aromatic rings. The normalized spacial score (nSPS) is 13.5. The van der Waals surface area contributed by atoms with E-state index in [0.717, 1.165) is 36.5 Å². The molecule has 1 saturated heterocycles. The number of carbonyl (C=O) groups is 2. The van der Waals surface area contributed by atoms with Crippen molar-refractivity contribution >= 4 is 46.6 Å². The standard InChI is InChI=1S/C20H21ClN2O3S/c1-26-20(25)14-8-9-17(23-10-4-5-11-23)16(12-14)22-19(24)13-27-18-7-3-2-6-15(18)21/h2-3,6-9,12H,4-5,10-11,13H2,1H3,(H,22,24). The first kappa shape index (κ1) is 19.6. The summed E-state index contributed by atoms with van der Waals surface area (Å²) in [6.07, 6.45) is 2.24. The van der Waals surface area contributed by atoms with Crippen molar-refractivity contribution in [3.05, 3.63) is 53.1 Å². The van der Waals surface area contributed by atoms with Crippen LogP contribution in [0, 0.1) is 0 Å². The highest BCUT2D eigenvalue weighted by atomic mass is 35.5. The molecule has 5 nitrogen and oxygen atoms in total. The highest BCUT2D eigenvalue weighted by Crippen LogP contribution is 2.31. The third-order valence-electron chi connectivity index (χ3n) is 4.33. The number of hydrogen-bond acceptors (Lipinski definition) is 5. The Morgan fingerprint density at radius 3 is 2.63 bits per heavy atom. The molecule has 0 saturated carbocycles. The fourth-order valence-electron chi connectivity index (χ4n) is 3.01. The molecule has 27 heavy (non-hydrogen) atoms. The smallest absolute Gasteiger partial charge is 0.337 e. The summed E-state index contributed by atoms with van der Waals surface area (Å²) in [5.74, 6) is -0.350. The fourth-order valence-corrected chi connectivity index (χ4v) is 4.05. The highest BCUT2D eigenvalue weighted by molar-refractivity contribution is 8.00. The number of thioether (sulfide) groups is 1. The van der Waals surface area contributed by atoms with Crippen LogP contribution in [0.5, 0.6) is 0 Å².